The molecule has 1 rings (SSSR count). The number of carboxylic acid groups (broad SMARTS) is 1. The second-order valence-corrected chi connectivity index (χ2v) is 6.77. The van der Waals surface area contributed by atoms with Gasteiger partial charge in [0, 0.05) is 0 Å². The Balaban J connectivity index is 2.87. The fraction of sp³-hybridized carbons (Fsp3) is 0.462. The number of alkyl halides is 3. The molecule has 0 spiro atoms. The van der Waals surface area contributed by atoms with E-state index in [1.54, 1.807) is 0 Å². The number of sulfonamides is 1. The lowest BCUT2D eigenvalue weighted by Crippen LogP contribution is -2.44. The van der Waals surface area contributed by atoms with E-state index >= 15 is 0 Å². The molecule has 1 atom stereocenters. The largest absolute Gasteiger partial charge is 0.484 e. The Hall–Kier alpha value is -1.81. The molecule has 1 aromatic carbocycles. The molecule has 6 nitrogen and oxygen atoms in total. The first-order valence-electron chi connectivity index (χ1n) is 6.47. The van der Waals surface area contributed by atoms with E-state index in [2.05, 4.69) is 4.74 Å². The lowest BCUT2D eigenvalue weighted by atomic mass is 10.1. The van der Waals surface area contributed by atoms with Gasteiger partial charge in [0.2, 0.25) is 10.0 Å². The summed E-state index contributed by atoms with van der Waals surface area (Å²) >= 11 is 0. The predicted molar refractivity (Wildman–Crippen MR) is 74.6 cm³/mol. The van der Waals surface area contributed by atoms with Crippen LogP contribution in [-0.4, -0.2) is 38.3 Å². The summed E-state index contributed by atoms with van der Waals surface area (Å²) in [5.41, 5.74) is 0. The number of halogens is 3. The topological polar surface area (TPSA) is 92.7 Å². The molecule has 0 aromatic heterocycles. The van der Waals surface area contributed by atoms with Gasteiger partial charge >= 0.3 is 12.1 Å². The molecule has 23 heavy (non-hydrogen) atoms. The van der Waals surface area contributed by atoms with Crippen LogP contribution in [0, 0.1) is 5.92 Å². The van der Waals surface area contributed by atoms with Gasteiger partial charge in [-0.05, 0) is 30.2 Å². The quantitative estimate of drug-likeness (QED) is 0.781. The van der Waals surface area contributed by atoms with Gasteiger partial charge in [-0.1, -0.05) is 13.8 Å². The van der Waals surface area contributed by atoms with Crippen molar-refractivity contribution in [3.8, 4) is 5.75 Å². The number of nitrogens with one attached hydrogen (secondary N) is 1. The third-order valence-electron chi connectivity index (χ3n) is 2.75. The summed E-state index contributed by atoms with van der Waals surface area (Å²) < 4.78 is 66.7. The predicted octanol–water partition coefficient (Wildman–Crippen LogP) is 2.02. The fourth-order valence-corrected chi connectivity index (χ4v) is 2.92. The number of aliphatic carboxylic acids is 1. The molecule has 0 aliphatic heterocycles. The average Bonchev–Trinajstić information content (AvgIpc) is 2.42. The lowest BCUT2D eigenvalue weighted by molar-refractivity contribution is -0.153. The van der Waals surface area contributed by atoms with Crippen LogP contribution in [0.25, 0.3) is 0 Å². The molecule has 0 radical (unpaired) electrons. The first-order chi connectivity index (χ1) is 10.4. The molecule has 0 bridgehead atoms. The van der Waals surface area contributed by atoms with Crippen molar-refractivity contribution < 1.29 is 36.2 Å². The minimum absolute atomic E-state index is 0.153. The van der Waals surface area contributed by atoms with Gasteiger partial charge in [0.15, 0.2) is 6.61 Å². The summed E-state index contributed by atoms with van der Waals surface area (Å²) in [6.45, 7) is 1.58. The number of rotatable bonds is 7. The van der Waals surface area contributed by atoms with Gasteiger partial charge in [0.05, 0.1) is 4.90 Å². The zero-order valence-electron chi connectivity index (χ0n) is 12.3. The van der Waals surface area contributed by atoms with Crippen molar-refractivity contribution in [2.24, 2.45) is 5.92 Å². The average molecular weight is 355 g/mol. The van der Waals surface area contributed by atoms with Gasteiger partial charge in [0.25, 0.3) is 0 Å². The molecule has 1 aromatic rings. The van der Waals surface area contributed by atoms with Gasteiger partial charge in [-0.2, -0.15) is 17.9 Å². The molecular formula is C13H16F3NO5S. The molecule has 10 heteroatoms. The molecule has 0 aliphatic carbocycles. The summed E-state index contributed by atoms with van der Waals surface area (Å²) in [5.74, 6) is -1.97. The van der Waals surface area contributed by atoms with Crippen molar-refractivity contribution in [2.45, 2.75) is 31.0 Å². The van der Waals surface area contributed by atoms with E-state index in [4.69, 9.17) is 5.11 Å². The summed E-state index contributed by atoms with van der Waals surface area (Å²) in [4.78, 5) is 10.8. The number of carboxylic acids is 1. The number of carbonyl (C=O) groups is 1. The van der Waals surface area contributed by atoms with Crippen LogP contribution >= 0.6 is 0 Å². The van der Waals surface area contributed by atoms with Crippen molar-refractivity contribution >= 4 is 16.0 Å². The second kappa shape index (κ2) is 7.18. The van der Waals surface area contributed by atoms with Crippen LogP contribution in [0.2, 0.25) is 0 Å². The van der Waals surface area contributed by atoms with Crippen LogP contribution in [0.4, 0.5) is 13.2 Å². The Morgan fingerprint density at radius 3 is 2.17 bits per heavy atom. The van der Waals surface area contributed by atoms with E-state index in [9.17, 15) is 26.4 Å². The summed E-state index contributed by atoms with van der Waals surface area (Å²) in [6, 6.07) is 2.87. The number of ether oxygens (including phenoxy) is 1. The van der Waals surface area contributed by atoms with Crippen molar-refractivity contribution in [1.82, 2.24) is 4.72 Å². The maximum atomic E-state index is 12.1. The van der Waals surface area contributed by atoms with Gasteiger partial charge in [-0.15, -0.1) is 0 Å². The zero-order chi connectivity index (χ0) is 17.8. The van der Waals surface area contributed by atoms with Crippen LogP contribution in [0.3, 0.4) is 0 Å². The maximum Gasteiger partial charge on any atom is 0.422 e. The Kier molecular flexibility index (Phi) is 6.00. The zero-order valence-corrected chi connectivity index (χ0v) is 13.1. The molecule has 130 valence electrons. The highest BCUT2D eigenvalue weighted by Crippen LogP contribution is 2.20. The molecule has 0 fully saturated rings. The molecule has 0 heterocycles. The van der Waals surface area contributed by atoms with Crippen LogP contribution in [0.15, 0.2) is 29.2 Å². The van der Waals surface area contributed by atoms with Crippen LogP contribution in [0.1, 0.15) is 13.8 Å². The Labute approximate surface area is 131 Å². The van der Waals surface area contributed by atoms with Gasteiger partial charge in [0.1, 0.15) is 11.8 Å². The van der Waals surface area contributed by atoms with E-state index in [0.717, 1.165) is 24.3 Å². The van der Waals surface area contributed by atoms with Crippen molar-refractivity contribution in [1.29, 1.82) is 0 Å². The smallest absolute Gasteiger partial charge is 0.422 e. The fourth-order valence-electron chi connectivity index (χ4n) is 1.59. The van der Waals surface area contributed by atoms with Crippen molar-refractivity contribution in [3.05, 3.63) is 24.3 Å². The molecule has 0 saturated heterocycles. The first-order valence-corrected chi connectivity index (χ1v) is 7.95. The standard InChI is InChI=1S/C13H16F3NO5S/c1-8(2)11(12(18)19)17-23(20,21)10-5-3-9(4-6-10)22-7-13(14,15)16/h3-6,8,11,17H,7H2,1-2H3,(H,18,19). The highest BCUT2D eigenvalue weighted by Gasteiger charge is 2.29. The van der Waals surface area contributed by atoms with Crippen LogP contribution < -0.4 is 9.46 Å². The van der Waals surface area contributed by atoms with E-state index in [-0.39, 0.29) is 10.6 Å². The molecule has 1 unspecified atom stereocenters. The Morgan fingerprint density at radius 2 is 1.78 bits per heavy atom. The second-order valence-electron chi connectivity index (χ2n) is 5.06. The molecular weight excluding hydrogens is 339 g/mol. The van der Waals surface area contributed by atoms with E-state index in [1.165, 1.54) is 13.8 Å². The summed E-state index contributed by atoms with van der Waals surface area (Å²) in [5, 5.41) is 8.99. The molecule has 2 N–H and O–H groups in total. The monoisotopic (exact) mass is 355 g/mol. The van der Waals surface area contributed by atoms with Gasteiger partial charge in [-0.3, -0.25) is 4.79 Å². The normalized spacial score (nSPS) is 13.8. The van der Waals surface area contributed by atoms with Crippen molar-refractivity contribution in [3.63, 3.8) is 0 Å². The lowest BCUT2D eigenvalue weighted by Gasteiger charge is -2.18. The van der Waals surface area contributed by atoms with Gasteiger partial charge in [-0.25, -0.2) is 8.42 Å². The van der Waals surface area contributed by atoms with E-state index in [0.29, 0.717) is 0 Å². The third-order valence-corrected chi connectivity index (χ3v) is 4.21. The molecule has 0 saturated carbocycles. The summed E-state index contributed by atoms with van der Waals surface area (Å²) in [6.07, 6.45) is -4.50. The maximum absolute atomic E-state index is 12.1. The van der Waals surface area contributed by atoms with Gasteiger partial charge < -0.3 is 9.84 Å². The number of hydrogen-bond acceptors (Lipinski definition) is 4. The van der Waals surface area contributed by atoms with E-state index in [1.807, 2.05) is 4.72 Å². The van der Waals surface area contributed by atoms with E-state index < -0.39 is 40.7 Å². The van der Waals surface area contributed by atoms with Crippen LogP contribution in [0.5, 0.6) is 5.75 Å². The number of benzene rings is 1. The Bertz CT molecular complexity index is 641. The minimum Gasteiger partial charge on any atom is -0.484 e. The third kappa shape index (κ3) is 6.06. The SMILES string of the molecule is CC(C)C(NS(=O)(=O)c1ccc(OCC(F)(F)F)cc1)C(=O)O. The Morgan fingerprint density at radius 1 is 1.26 bits per heavy atom. The number of hydrogen-bond donors (Lipinski definition) is 2. The highest BCUT2D eigenvalue weighted by molar-refractivity contribution is 7.89. The van der Waals surface area contributed by atoms with Crippen LogP contribution in [-0.2, 0) is 14.8 Å². The molecule has 0 aliphatic rings. The summed E-state index contributed by atoms with van der Waals surface area (Å²) in [7, 11) is -4.12. The first kappa shape index (κ1) is 19.2. The molecule has 0 amide bonds. The van der Waals surface area contributed by atoms with Crippen molar-refractivity contribution in [2.75, 3.05) is 6.61 Å². The minimum atomic E-state index is -4.50. The highest BCUT2D eigenvalue weighted by atomic mass is 32.2.